The summed E-state index contributed by atoms with van der Waals surface area (Å²) in [4.78, 5) is 30.8. The van der Waals surface area contributed by atoms with E-state index in [1.807, 2.05) is 6.07 Å². The van der Waals surface area contributed by atoms with Crippen molar-refractivity contribution in [3.05, 3.63) is 81.6 Å². The van der Waals surface area contributed by atoms with Crippen molar-refractivity contribution in [3.63, 3.8) is 0 Å². The van der Waals surface area contributed by atoms with Gasteiger partial charge in [0, 0.05) is 16.3 Å². The molecular weight excluding hydrogens is 372 g/mol. The van der Waals surface area contributed by atoms with Crippen molar-refractivity contribution in [1.82, 2.24) is 15.4 Å². The zero-order valence-corrected chi connectivity index (χ0v) is 14.5. The van der Waals surface area contributed by atoms with Gasteiger partial charge in [-0.25, -0.2) is 9.97 Å². The van der Waals surface area contributed by atoms with Crippen LogP contribution in [0.3, 0.4) is 0 Å². The van der Waals surface area contributed by atoms with Gasteiger partial charge in [0.1, 0.15) is 6.33 Å². The summed E-state index contributed by atoms with van der Waals surface area (Å²) in [6.07, 6.45) is 1.14. The van der Waals surface area contributed by atoms with Gasteiger partial charge in [0.25, 0.3) is 5.91 Å². The SMILES string of the molecule is O=C(NNc1ncnc(Nc2ccccc2)c1[N+](=O)[O-])c1cccc(Cl)c1. The predicted molar refractivity (Wildman–Crippen MR) is 101 cm³/mol. The Bertz CT molecular complexity index is 983. The lowest BCUT2D eigenvalue weighted by atomic mass is 10.2. The quantitative estimate of drug-likeness (QED) is 0.438. The number of benzene rings is 2. The van der Waals surface area contributed by atoms with Crippen LogP contribution in [-0.4, -0.2) is 20.8 Å². The Balaban J connectivity index is 1.82. The molecule has 2 aromatic carbocycles. The Morgan fingerprint density at radius 2 is 1.78 bits per heavy atom. The van der Waals surface area contributed by atoms with Gasteiger partial charge >= 0.3 is 5.69 Å². The van der Waals surface area contributed by atoms with Gasteiger partial charge in [-0.05, 0) is 30.3 Å². The molecule has 3 N–H and O–H groups in total. The van der Waals surface area contributed by atoms with Crippen molar-refractivity contribution >= 4 is 40.5 Å². The molecule has 1 aromatic heterocycles. The van der Waals surface area contributed by atoms with Crippen LogP contribution in [0.1, 0.15) is 10.4 Å². The minimum absolute atomic E-state index is 0.0132. The van der Waals surface area contributed by atoms with Crippen LogP contribution >= 0.6 is 11.6 Å². The number of hydrogen-bond donors (Lipinski definition) is 3. The summed E-state index contributed by atoms with van der Waals surface area (Å²) in [7, 11) is 0. The summed E-state index contributed by atoms with van der Waals surface area (Å²) >= 11 is 5.85. The maximum absolute atomic E-state index is 12.2. The third kappa shape index (κ3) is 4.47. The molecule has 136 valence electrons. The van der Waals surface area contributed by atoms with Crippen LogP contribution in [0.5, 0.6) is 0 Å². The summed E-state index contributed by atoms with van der Waals surface area (Å²) in [5.74, 6) is -0.701. The maximum atomic E-state index is 12.2. The molecule has 0 unspecified atom stereocenters. The fourth-order valence-electron chi connectivity index (χ4n) is 2.21. The molecule has 0 radical (unpaired) electrons. The zero-order valence-electron chi connectivity index (χ0n) is 13.7. The fraction of sp³-hybridized carbons (Fsp3) is 0. The molecule has 0 spiro atoms. The molecule has 0 fully saturated rings. The molecule has 0 atom stereocenters. The highest BCUT2D eigenvalue weighted by Crippen LogP contribution is 2.30. The van der Waals surface area contributed by atoms with Crippen molar-refractivity contribution in [3.8, 4) is 0 Å². The first-order valence-electron chi connectivity index (χ1n) is 7.68. The number of nitrogens with one attached hydrogen (secondary N) is 3. The van der Waals surface area contributed by atoms with Gasteiger partial charge in [-0.2, -0.15) is 0 Å². The Morgan fingerprint density at radius 1 is 1.04 bits per heavy atom. The second kappa shape index (κ2) is 8.11. The molecule has 10 heteroatoms. The molecule has 0 saturated carbocycles. The minimum atomic E-state index is -0.640. The number of rotatable bonds is 6. The van der Waals surface area contributed by atoms with Gasteiger partial charge in [0.05, 0.1) is 4.92 Å². The highest BCUT2D eigenvalue weighted by Gasteiger charge is 2.23. The topological polar surface area (TPSA) is 122 Å². The van der Waals surface area contributed by atoms with E-state index in [1.54, 1.807) is 42.5 Å². The number of para-hydroxylation sites is 1. The van der Waals surface area contributed by atoms with E-state index in [0.717, 1.165) is 6.33 Å². The molecule has 0 aliphatic carbocycles. The number of nitro groups is 1. The first-order chi connectivity index (χ1) is 13.0. The number of halogens is 1. The van der Waals surface area contributed by atoms with Crippen LogP contribution in [0.15, 0.2) is 60.9 Å². The third-order valence-electron chi connectivity index (χ3n) is 3.42. The van der Waals surface area contributed by atoms with Crippen LogP contribution in [0.4, 0.5) is 23.0 Å². The normalized spacial score (nSPS) is 10.1. The van der Waals surface area contributed by atoms with E-state index in [9.17, 15) is 14.9 Å². The van der Waals surface area contributed by atoms with E-state index in [1.165, 1.54) is 6.07 Å². The van der Waals surface area contributed by atoms with E-state index in [2.05, 4.69) is 26.1 Å². The summed E-state index contributed by atoms with van der Waals surface area (Å²) in [6.45, 7) is 0. The molecule has 0 bridgehead atoms. The molecule has 3 rings (SSSR count). The Hall–Kier alpha value is -3.72. The summed E-state index contributed by atoms with van der Waals surface area (Å²) in [5.41, 5.74) is 5.32. The third-order valence-corrected chi connectivity index (χ3v) is 3.66. The maximum Gasteiger partial charge on any atom is 0.355 e. The lowest BCUT2D eigenvalue weighted by Gasteiger charge is -2.11. The molecule has 3 aromatic rings. The number of anilines is 3. The standard InChI is InChI=1S/C17H13ClN6O3/c18-12-6-4-5-11(9-12)17(25)23-22-16-14(24(26)27)15(19-10-20-16)21-13-7-2-1-3-8-13/h1-10H,(H,23,25)(H2,19,20,21,22). The van der Waals surface area contributed by atoms with Gasteiger partial charge in [0.2, 0.25) is 11.6 Å². The summed E-state index contributed by atoms with van der Waals surface area (Å²) < 4.78 is 0. The van der Waals surface area contributed by atoms with Gasteiger partial charge in [0.15, 0.2) is 0 Å². The van der Waals surface area contributed by atoms with Crippen molar-refractivity contribution in [1.29, 1.82) is 0 Å². The van der Waals surface area contributed by atoms with Crippen LogP contribution < -0.4 is 16.2 Å². The van der Waals surface area contributed by atoms with Crippen LogP contribution in [0.25, 0.3) is 0 Å². The molecular formula is C17H13ClN6O3. The smallest absolute Gasteiger partial charge is 0.334 e. The molecule has 1 amide bonds. The van der Waals surface area contributed by atoms with Gasteiger partial charge in [-0.3, -0.25) is 25.8 Å². The Kier molecular flexibility index (Phi) is 5.43. The van der Waals surface area contributed by atoms with Gasteiger partial charge in [-0.15, -0.1) is 0 Å². The van der Waals surface area contributed by atoms with Crippen molar-refractivity contribution in [2.45, 2.75) is 0 Å². The lowest BCUT2D eigenvalue weighted by molar-refractivity contribution is -0.383. The van der Waals surface area contributed by atoms with E-state index in [0.29, 0.717) is 10.7 Å². The van der Waals surface area contributed by atoms with E-state index < -0.39 is 16.5 Å². The van der Waals surface area contributed by atoms with Crippen molar-refractivity contribution in [2.75, 3.05) is 10.7 Å². The fourth-order valence-corrected chi connectivity index (χ4v) is 2.40. The Labute approximate surface area is 158 Å². The molecule has 0 saturated heterocycles. The highest BCUT2D eigenvalue weighted by atomic mass is 35.5. The van der Waals surface area contributed by atoms with Gasteiger partial charge < -0.3 is 5.32 Å². The van der Waals surface area contributed by atoms with Crippen LogP contribution in [0.2, 0.25) is 5.02 Å². The van der Waals surface area contributed by atoms with Crippen molar-refractivity contribution in [2.24, 2.45) is 0 Å². The monoisotopic (exact) mass is 384 g/mol. The predicted octanol–water partition coefficient (Wildman–Crippen LogP) is 3.54. The average Bonchev–Trinajstić information content (AvgIpc) is 2.66. The summed E-state index contributed by atoms with van der Waals surface area (Å²) in [6, 6.07) is 15.1. The number of hydrazine groups is 1. The highest BCUT2D eigenvalue weighted by molar-refractivity contribution is 6.30. The molecule has 0 aliphatic heterocycles. The second-order valence-corrected chi connectivity index (χ2v) is 5.69. The second-order valence-electron chi connectivity index (χ2n) is 5.26. The summed E-state index contributed by atoms with van der Waals surface area (Å²) in [5, 5.41) is 14.8. The number of carbonyl (C=O) groups excluding carboxylic acids is 1. The van der Waals surface area contributed by atoms with Gasteiger partial charge in [-0.1, -0.05) is 35.9 Å². The Morgan fingerprint density at radius 3 is 2.48 bits per heavy atom. The van der Waals surface area contributed by atoms with E-state index in [-0.39, 0.29) is 17.2 Å². The first kappa shape index (κ1) is 18.1. The number of amides is 1. The minimum Gasteiger partial charge on any atom is -0.334 e. The number of aromatic nitrogens is 2. The molecule has 27 heavy (non-hydrogen) atoms. The van der Waals surface area contributed by atoms with E-state index >= 15 is 0 Å². The van der Waals surface area contributed by atoms with Crippen LogP contribution in [0, 0.1) is 10.1 Å². The number of nitrogens with zero attached hydrogens (tertiary/aromatic N) is 3. The molecule has 9 nitrogen and oxygen atoms in total. The van der Waals surface area contributed by atoms with E-state index in [4.69, 9.17) is 11.6 Å². The van der Waals surface area contributed by atoms with Crippen molar-refractivity contribution < 1.29 is 9.72 Å². The average molecular weight is 385 g/mol. The first-order valence-corrected chi connectivity index (χ1v) is 8.06. The zero-order chi connectivity index (χ0) is 19.2. The number of hydrogen-bond acceptors (Lipinski definition) is 7. The number of carbonyl (C=O) groups is 1. The molecule has 1 heterocycles. The van der Waals surface area contributed by atoms with Crippen LogP contribution in [-0.2, 0) is 0 Å². The molecule has 0 aliphatic rings. The lowest BCUT2D eigenvalue weighted by Crippen LogP contribution is -2.30. The largest absolute Gasteiger partial charge is 0.355 e.